The molecule has 0 bridgehead atoms. The van der Waals surface area contributed by atoms with Gasteiger partial charge in [-0.2, -0.15) is 4.98 Å². The quantitative estimate of drug-likeness (QED) is 0.776. The largest absolute Gasteiger partial charge is 0.352 e. The third-order valence-electron chi connectivity index (χ3n) is 3.48. The average Bonchev–Trinajstić information content (AvgIpc) is 3.15. The van der Waals surface area contributed by atoms with Crippen LogP contribution in [-0.4, -0.2) is 35.2 Å². The summed E-state index contributed by atoms with van der Waals surface area (Å²) >= 11 is 4.94. The minimum atomic E-state index is 0. The molecule has 0 aromatic carbocycles. The molecular formula is C14H18BrClN4O2S. The molecule has 1 amide bonds. The van der Waals surface area contributed by atoms with Crippen molar-refractivity contribution in [1.82, 2.24) is 20.8 Å². The summed E-state index contributed by atoms with van der Waals surface area (Å²) in [6.45, 7) is 1.89. The number of nitrogens with zero attached hydrogens (tertiary/aromatic N) is 2. The van der Waals surface area contributed by atoms with E-state index in [1.54, 1.807) is 11.3 Å². The molecule has 2 aromatic rings. The van der Waals surface area contributed by atoms with Crippen LogP contribution in [0, 0.1) is 0 Å². The van der Waals surface area contributed by atoms with Crippen LogP contribution in [0.25, 0.3) is 10.7 Å². The molecule has 1 unspecified atom stereocenters. The van der Waals surface area contributed by atoms with Gasteiger partial charge in [-0.3, -0.25) is 4.79 Å². The van der Waals surface area contributed by atoms with Crippen molar-refractivity contribution >= 4 is 45.6 Å². The van der Waals surface area contributed by atoms with Crippen molar-refractivity contribution in [2.45, 2.75) is 31.7 Å². The highest BCUT2D eigenvalue weighted by atomic mass is 79.9. The van der Waals surface area contributed by atoms with Crippen LogP contribution < -0.4 is 10.6 Å². The van der Waals surface area contributed by atoms with Crippen molar-refractivity contribution in [3.63, 3.8) is 0 Å². The Morgan fingerprint density at radius 3 is 3.13 bits per heavy atom. The van der Waals surface area contributed by atoms with Gasteiger partial charge in [-0.1, -0.05) is 5.16 Å². The number of rotatable bonds is 5. The van der Waals surface area contributed by atoms with Crippen molar-refractivity contribution in [3.8, 4) is 10.7 Å². The fourth-order valence-electron chi connectivity index (χ4n) is 2.38. The minimum Gasteiger partial charge on any atom is -0.352 e. The molecule has 0 aliphatic carbocycles. The van der Waals surface area contributed by atoms with Gasteiger partial charge in [0.15, 0.2) is 0 Å². The summed E-state index contributed by atoms with van der Waals surface area (Å²) in [7, 11) is 0. The number of hydrogen-bond donors (Lipinski definition) is 2. The highest BCUT2D eigenvalue weighted by Gasteiger charge is 2.16. The van der Waals surface area contributed by atoms with Gasteiger partial charge in [-0.05, 0) is 41.4 Å². The second-order valence-electron chi connectivity index (χ2n) is 5.25. The van der Waals surface area contributed by atoms with E-state index in [9.17, 15) is 4.79 Å². The number of carbonyl (C=O) groups is 1. The lowest BCUT2D eigenvalue weighted by molar-refractivity contribution is -0.121. The number of halogens is 2. The summed E-state index contributed by atoms with van der Waals surface area (Å²) in [6, 6.07) is 2.19. The summed E-state index contributed by atoms with van der Waals surface area (Å²) < 4.78 is 6.21. The van der Waals surface area contributed by atoms with E-state index in [1.807, 2.05) is 11.4 Å². The minimum absolute atomic E-state index is 0. The molecule has 126 valence electrons. The SMILES string of the molecule is Cl.O=C(CCc1nc(-c2cc(Br)cs2)no1)NC1CCCNC1. The third-order valence-corrected chi connectivity index (χ3v) is 5.17. The number of nitrogens with one attached hydrogen (secondary N) is 2. The Labute approximate surface area is 153 Å². The monoisotopic (exact) mass is 420 g/mol. The van der Waals surface area contributed by atoms with Crippen LogP contribution in [0.4, 0.5) is 0 Å². The van der Waals surface area contributed by atoms with Gasteiger partial charge in [-0.25, -0.2) is 0 Å². The molecule has 23 heavy (non-hydrogen) atoms. The van der Waals surface area contributed by atoms with E-state index < -0.39 is 0 Å². The Balaban J connectivity index is 0.00000192. The molecule has 1 aliphatic heterocycles. The Kier molecular flexibility index (Phi) is 7.01. The number of thiophene rings is 1. The van der Waals surface area contributed by atoms with E-state index in [1.165, 1.54) is 0 Å². The van der Waals surface area contributed by atoms with Gasteiger partial charge in [-0.15, -0.1) is 23.7 Å². The van der Waals surface area contributed by atoms with E-state index in [2.05, 4.69) is 36.7 Å². The zero-order chi connectivity index (χ0) is 15.4. The summed E-state index contributed by atoms with van der Waals surface area (Å²) in [5.74, 6) is 1.10. The van der Waals surface area contributed by atoms with Gasteiger partial charge in [0.25, 0.3) is 0 Å². The van der Waals surface area contributed by atoms with E-state index in [-0.39, 0.29) is 24.4 Å². The fourth-order valence-corrected chi connectivity index (χ4v) is 3.73. The second kappa shape index (κ2) is 8.77. The average molecular weight is 422 g/mol. The first-order valence-electron chi connectivity index (χ1n) is 7.28. The van der Waals surface area contributed by atoms with Crippen molar-refractivity contribution in [3.05, 3.63) is 21.8 Å². The molecule has 0 spiro atoms. The predicted molar refractivity (Wildman–Crippen MR) is 94.9 cm³/mol. The maximum Gasteiger partial charge on any atom is 0.227 e. The molecule has 1 saturated heterocycles. The van der Waals surface area contributed by atoms with Gasteiger partial charge in [0.2, 0.25) is 17.6 Å². The summed E-state index contributed by atoms with van der Waals surface area (Å²) in [6.07, 6.45) is 2.98. The number of hydrogen-bond acceptors (Lipinski definition) is 6. The Morgan fingerprint density at radius 1 is 1.57 bits per heavy atom. The molecule has 3 rings (SSSR count). The molecule has 6 nitrogen and oxygen atoms in total. The van der Waals surface area contributed by atoms with Gasteiger partial charge in [0, 0.05) is 35.3 Å². The lowest BCUT2D eigenvalue weighted by atomic mass is 10.1. The first-order valence-corrected chi connectivity index (χ1v) is 8.95. The second-order valence-corrected chi connectivity index (χ2v) is 7.08. The number of aryl methyl sites for hydroxylation is 1. The van der Waals surface area contributed by atoms with Crippen molar-refractivity contribution in [2.75, 3.05) is 13.1 Å². The van der Waals surface area contributed by atoms with Crippen molar-refractivity contribution in [1.29, 1.82) is 0 Å². The van der Waals surface area contributed by atoms with E-state index in [0.717, 1.165) is 35.3 Å². The van der Waals surface area contributed by atoms with Crippen LogP contribution in [0.1, 0.15) is 25.2 Å². The number of carbonyl (C=O) groups excluding carboxylic acids is 1. The predicted octanol–water partition coefficient (Wildman–Crippen LogP) is 2.78. The Bertz CT molecular complexity index is 642. The van der Waals surface area contributed by atoms with Crippen LogP contribution in [0.15, 0.2) is 20.4 Å². The Morgan fingerprint density at radius 2 is 2.43 bits per heavy atom. The maximum atomic E-state index is 11.9. The highest BCUT2D eigenvalue weighted by Crippen LogP contribution is 2.27. The fraction of sp³-hybridized carbons (Fsp3) is 0.500. The van der Waals surface area contributed by atoms with E-state index in [0.29, 0.717) is 24.6 Å². The molecule has 1 atom stereocenters. The number of aromatic nitrogens is 2. The first-order chi connectivity index (χ1) is 10.7. The number of amides is 1. The smallest absolute Gasteiger partial charge is 0.227 e. The van der Waals surface area contributed by atoms with Crippen LogP contribution in [0.2, 0.25) is 0 Å². The molecule has 2 aromatic heterocycles. The van der Waals surface area contributed by atoms with E-state index >= 15 is 0 Å². The van der Waals surface area contributed by atoms with Crippen LogP contribution in [0.3, 0.4) is 0 Å². The van der Waals surface area contributed by atoms with Crippen LogP contribution in [0.5, 0.6) is 0 Å². The Hall–Kier alpha value is -0.960. The van der Waals surface area contributed by atoms with Crippen LogP contribution in [-0.2, 0) is 11.2 Å². The molecule has 0 radical (unpaired) electrons. The normalized spacial score (nSPS) is 17.5. The van der Waals surface area contributed by atoms with Crippen molar-refractivity contribution in [2.24, 2.45) is 0 Å². The van der Waals surface area contributed by atoms with Gasteiger partial charge < -0.3 is 15.2 Å². The van der Waals surface area contributed by atoms with Gasteiger partial charge >= 0.3 is 0 Å². The molecule has 3 heterocycles. The highest BCUT2D eigenvalue weighted by molar-refractivity contribution is 9.10. The zero-order valence-electron chi connectivity index (χ0n) is 12.4. The van der Waals surface area contributed by atoms with E-state index in [4.69, 9.17) is 4.52 Å². The number of piperidine rings is 1. The molecule has 2 N–H and O–H groups in total. The van der Waals surface area contributed by atoms with Crippen LogP contribution >= 0.6 is 39.7 Å². The summed E-state index contributed by atoms with van der Waals surface area (Å²) in [5, 5.41) is 12.2. The molecule has 0 saturated carbocycles. The topological polar surface area (TPSA) is 80.0 Å². The summed E-state index contributed by atoms with van der Waals surface area (Å²) in [5.41, 5.74) is 0. The molecular weight excluding hydrogens is 404 g/mol. The zero-order valence-corrected chi connectivity index (χ0v) is 15.6. The molecule has 1 aliphatic rings. The van der Waals surface area contributed by atoms with Gasteiger partial charge in [0.1, 0.15) is 0 Å². The lowest BCUT2D eigenvalue weighted by Gasteiger charge is -2.23. The molecule has 9 heteroatoms. The lowest BCUT2D eigenvalue weighted by Crippen LogP contribution is -2.45. The summed E-state index contributed by atoms with van der Waals surface area (Å²) in [4.78, 5) is 17.2. The maximum absolute atomic E-state index is 11.9. The van der Waals surface area contributed by atoms with Crippen molar-refractivity contribution < 1.29 is 9.32 Å². The standard InChI is InChI=1S/C14H17BrN4O2S.ClH/c15-9-6-11(22-8-9)14-18-13(21-19-14)4-3-12(20)17-10-2-1-5-16-7-10;/h6,8,10,16H,1-5,7H2,(H,17,20);1H. The van der Waals surface area contributed by atoms with Gasteiger partial charge in [0.05, 0.1) is 4.88 Å². The first kappa shape index (κ1) is 18.4. The third kappa shape index (κ3) is 5.27. The molecule has 1 fully saturated rings.